The average Bonchev–Trinajstić information content (AvgIpc) is 3.31. The number of para-hydroxylation sites is 1. The maximum Gasteiger partial charge on any atom is 0.266 e. The highest BCUT2D eigenvalue weighted by Gasteiger charge is 2.32. The van der Waals surface area contributed by atoms with Gasteiger partial charge in [-0.25, -0.2) is 0 Å². The van der Waals surface area contributed by atoms with Gasteiger partial charge in [0.25, 0.3) is 5.91 Å². The summed E-state index contributed by atoms with van der Waals surface area (Å²) in [6, 6.07) is 17.9. The van der Waals surface area contributed by atoms with Crippen molar-refractivity contribution in [3.63, 3.8) is 0 Å². The maximum atomic E-state index is 12.6. The smallest absolute Gasteiger partial charge is 0.266 e. The van der Waals surface area contributed by atoms with Gasteiger partial charge in [-0.15, -0.1) is 0 Å². The number of benzene rings is 2. The van der Waals surface area contributed by atoms with E-state index in [0.29, 0.717) is 22.2 Å². The van der Waals surface area contributed by atoms with Crippen LogP contribution in [0.1, 0.15) is 11.1 Å². The first-order chi connectivity index (χ1) is 15.1. The third-order valence-corrected chi connectivity index (χ3v) is 6.30. The van der Waals surface area contributed by atoms with E-state index in [2.05, 4.69) is 16.4 Å². The minimum absolute atomic E-state index is 0.0711. The summed E-state index contributed by atoms with van der Waals surface area (Å²) in [6.45, 7) is 0.420. The molecule has 7 heteroatoms. The van der Waals surface area contributed by atoms with Gasteiger partial charge in [0.1, 0.15) is 10.9 Å². The number of carbonyl (C=O) groups is 2. The van der Waals surface area contributed by atoms with Gasteiger partial charge < -0.3 is 10.3 Å². The summed E-state index contributed by atoms with van der Waals surface area (Å²) in [5, 5.41) is 4.04. The fourth-order valence-electron chi connectivity index (χ4n) is 3.34. The zero-order chi connectivity index (χ0) is 21.6. The topological polar surface area (TPSA) is 65.2 Å². The number of aromatic nitrogens is 1. The van der Waals surface area contributed by atoms with E-state index in [9.17, 15) is 9.59 Å². The van der Waals surface area contributed by atoms with Crippen molar-refractivity contribution in [2.45, 2.75) is 6.42 Å². The summed E-state index contributed by atoms with van der Waals surface area (Å²) in [4.78, 5) is 30.1. The van der Waals surface area contributed by atoms with Gasteiger partial charge in [0.2, 0.25) is 5.91 Å². The predicted molar refractivity (Wildman–Crippen MR) is 130 cm³/mol. The second-order valence-electron chi connectivity index (χ2n) is 7.02. The molecule has 0 bridgehead atoms. The van der Waals surface area contributed by atoms with Crippen LogP contribution in [0.3, 0.4) is 0 Å². The molecular weight excluding hydrogens is 426 g/mol. The number of hydrogen-bond acceptors (Lipinski definition) is 4. The fraction of sp³-hybridized carbons (Fsp3) is 0.125. The van der Waals surface area contributed by atoms with Crippen LogP contribution in [-0.4, -0.2) is 39.1 Å². The van der Waals surface area contributed by atoms with Crippen molar-refractivity contribution >= 4 is 57.1 Å². The number of rotatable bonds is 7. The number of allylic oxidation sites excluding steroid dienone is 2. The van der Waals surface area contributed by atoms with E-state index in [1.807, 2.05) is 66.9 Å². The van der Waals surface area contributed by atoms with E-state index in [0.717, 1.165) is 22.0 Å². The van der Waals surface area contributed by atoms with E-state index >= 15 is 0 Å². The Bertz CT molecular complexity index is 1180. The van der Waals surface area contributed by atoms with Gasteiger partial charge in [-0.05, 0) is 29.7 Å². The third-order valence-electron chi connectivity index (χ3n) is 4.90. The molecule has 0 radical (unpaired) electrons. The standard InChI is InChI=1S/C24H21N3O2S2/c28-22(25-14-13-18-15-26-20-11-5-4-10-19(18)20)16-27-23(29)21(31-24(27)30)12-6-9-17-7-2-1-3-8-17/h1-12,15,26H,13-14,16H2,(H,25,28)/b9-6+,21-12+. The fourth-order valence-corrected chi connectivity index (χ4v) is 4.54. The van der Waals surface area contributed by atoms with Crippen LogP contribution in [0.4, 0.5) is 0 Å². The zero-order valence-electron chi connectivity index (χ0n) is 16.7. The van der Waals surface area contributed by atoms with Crippen molar-refractivity contribution in [2.24, 2.45) is 0 Å². The molecule has 2 amide bonds. The predicted octanol–water partition coefficient (Wildman–Crippen LogP) is 4.28. The van der Waals surface area contributed by atoms with Crippen LogP contribution in [0.15, 0.2) is 77.9 Å². The van der Waals surface area contributed by atoms with Gasteiger partial charge >= 0.3 is 0 Å². The number of aromatic amines is 1. The molecule has 1 aromatic heterocycles. The van der Waals surface area contributed by atoms with E-state index in [1.165, 1.54) is 16.7 Å². The lowest BCUT2D eigenvalue weighted by Gasteiger charge is -2.14. The van der Waals surface area contributed by atoms with Crippen LogP contribution < -0.4 is 5.32 Å². The maximum absolute atomic E-state index is 12.6. The van der Waals surface area contributed by atoms with Crippen molar-refractivity contribution in [1.82, 2.24) is 15.2 Å². The lowest BCUT2D eigenvalue weighted by Crippen LogP contribution is -2.40. The Kier molecular flexibility index (Phi) is 6.64. The Labute approximate surface area is 190 Å². The number of nitrogens with one attached hydrogen (secondary N) is 2. The Morgan fingerprint density at radius 3 is 2.74 bits per heavy atom. The number of thioether (sulfide) groups is 1. The molecule has 0 aliphatic carbocycles. The van der Waals surface area contributed by atoms with Gasteiger partial charge in [0.15, 0.2) is 0 Å². The van der Waals surface area contributed by atoms with Crippen molar-refractivity contribution in [3.05, 3.63) is 89.0 Å². The first-order valence-electron chi connectivity index (χ1n) is 9.90. The second kappa shape index (κ2) is 9.76. The molecule has 1 aliphatic heterocycles. The Morgan fingerprint density at radius 2 is 1.90 bits per heavy atom. The molecule has 3 aromatic rings. The van der Waals surface area contributed by atoms with E-state index < -0.39 is 0 Å². The average molecular weight is 448 g/mol. The summed E-state index contributed by atoms with van der Waals surface area (Å²) in [6.07, 6.45) is 8.15. The number of H-pyrrole nitrogens is 1. The lowest BCUT2D eigenvalue weighted by atomic mass is 10.1. The molecule has 156 valence electrons. The summed E-state index contributed by atoms with van der Waals surface area (Å²) in [5.74, 6) is -0.461. The first-order valence-corrected chi connectivity index (χ1v) is 11.1. The van der Waals surface area contributed by atoms with E-state index in [4.69, 9.17) is 12.2 Å². The normalized spacial score (nSPS) is 15.5. The van der Waals surface area contributed by atoms with Gasteiger partial charge in [0, 0.05) is 23.6 Å². The van der Waals surface area contributed by atoms with Crippen LogP contribution in [0.2, 0.25) is 0 Å². The van der Waals surface area contributed by atoms with Gasteiger partial charge in [-0.2, -0.15) is 0 Å². The minimum atomic E-state index is -0.237. The summed E-state index contributed by atoms with van der Waals surface area (Å²) in [5.41, 5.74) is 3.27. The highest BCUT2D eigenvalue weighted by Crippen LogP contribution is 2.30. The molecular formula is C24H21N3O2S2. The molecule has 0 spiro atoms. The van der Waals surface area contributed by atoms with Crippen LogP contribution in [0.25, 0.3) is 17.0 Å². The van der Waals surface area contributed by atoms with E-state index in [-0.39, 0.29) is 18.4 Å². The first kappa shape index (κ1) is 21.1. The van der Waals surface area contributed by atoms with Gasteiger partial charge in [0.05, 0.1) is 4.91 Å². The molecule has 31 heavy (non-hydrogen) atoms. The largest absolute Gasteiger partial charge is 0.361 e. The summed E-state index contributed by atoms with van der Waals surface area (Å²) >= 11 is 6.52. The number of thiocarbonyl (C=S) groups is 1. The molecule has 1 aliphatic rings. The molecule has 2 N–H and O–H groups in total. The molecule has 0 atom stereocenters. The van der Waals surface area contributed by atoms with Crippen LogP contribution >= 0.6 is 24.0 Å². The van der Waals surface area contributed by atoms with Crippen LogP contribution in [0, 0.1) is 0 Å². The van der Waals surface area contributed by atoms with Crippen molar-refractivity contribution in [1.29, 1.82) is 0 Å². The van der Waals surface area contributed by atoms with Crippen molar-refractivity contribution in [2.75, 3.05) is 13.1 Å². The number of fused-ring (bicyclic) bond motifs is 1. The summed E-state index contributed by atoms with van der Waals surface area (Å²) in [7, 11) is 0. The van der Waals surface area contributed by atoms with Crippen LogP contribution in [0.5, 0.6) is 0 Å². The molecule has 1 saturated heterocycles. The third kappa shape index (κ3) is 5.13. The number of amides is 2. The minimum Gasteiger partial charge on any atom is -0.361 e. The highest BCUT2D eigenvalue weighted by molar-refractivity contribution is 8.26. The van der Waals surface area contributed by atoms with Crippen molar-refractivity contribution in [3.8, 4) is 0 Å². The number of carbonyl (C=O) groups excluding carboxylic acids is 2. The molecule has 1 fully saturated rings. The Hall–Kier alpha value is -3.16. The Morgan fingerprint density at radius 1 is 1.13 bits per heavy atom. The molecule has 4 rings (SSSR count). The second-order valence-corrected chi connectivity index (χ2v) is 8.70. The van der Waals surface area contributed by atoms with Crippen LogP contribution in [-0.2, 0) is 16.0 Å². The highest BCUT2D eigenvalue weighted by atomic mass is 32.2. The number of hydrogen-bond donors (Lipinski definition) is 2. The summed E-state index contributed by atoms with van der Waals surface area (Å²) < 4.78 is 0.399. The quantitative estimate of drug-likeness (QED) is 0.419. The molecule has 5 nitrogen and oxygen atoms in total. The Balaban J connectivity index is 1.29. The molecule has 2 aromatic carbocycles. The van der Waals surface area contributed by atoms with Gasteiger partial charge in [-0.3, -0.25) is 14.5 Å². The molecule has 2 heterocycles. The van der Waals surface area contributed by atoms with Gasteiger partial charge in [-0.1, -0.05) is 84.7 Å². The molecule has 0 saturated carbocycles. The number of nitrogens with zero attached hydrogens (tertiary/aromatic N) is 1. The monoisotopic (exact) mass is 447 g/mol. The van der Waals surface area contributed by atoms with E-state index in [1.54, 1.807) is 6.08 Å². The SMILES string of the molecule is O=C(CN1C(=O)/C(=C\C=C\c2ccccc2)SC1=S)NCCc1c[nH]c2ccccc12. The lowest BCUT2D eigenvalue weighted by molar-refractivity contribution is -0.128. The molecule has 0 unspecified atom stereocenters. The van der Waals surface area contributed by atoms with Crippen molar-refractivity contribution < 1.29 is 9.59 Å². The zero-order valence-corrected chi connectivity index (χ0v) is 18.3.